The van der Waals surface area contributed by atoms with Gasteiger partial charge in [-0.15, -0.1) is 11.3 Å². The van der Waals surface area contributed by atoms with Crippen LogP contribution in [0, 0.1) is 0 Å². The Kier molecular flexibility index (Phi) is 5.59. The summed E-state index contributed by atoms with van der Waals surface area (Å²) in [6.07, 6.45) is 3.55. The van der Waals surface area contributed by atoms with Crippen molar-refractivity contribution in [3.63, 3.8) is 0 Å². The predicted octanol–water partition coefficient (Wildman–Crippen LogP) is 12.1. The van der Waals surface area contributed by atoms with Crippen molar-refractivity contribution >= 4 is 97.2 Å². The minimum Gasteiger partial charge on any atom is -0.309 e. The van der Waals surface area contributed by atoms with Crippen LogP contribution in [-0.4, -0.2) is 23.7 Å². The van der Waals surface area contributed by atoms with E-state index in [0.717, 1.165) is 43.8 Å². The molecule has 5 nitrogen and oxygen atoms in total. The molecule has 0 saturated heterocycles. The van der Waals surface area contributed by atoms with Crippen molar-refractivity contribution in [2.24, 2.45) is 0 Å². The van der Waals surface area contributed by atoms with Crippen molar-refractivity contribution in [1.82, 2.24) is 23.7 Å². The zero-order chi connectivity index (χ0) is 33.9. The molecule has 0 unspecified atom stereocenters. The zero-order valence-electron chi connectivity index (χ0n) is 27.7. The first-order chi connectivity index (χ1) is 25.8. The number of aromatic nitrogens is 5. The molecule has 7 aromatic carbocycles. The fourth-order valence-electron chi connectivity index (χ4n) is 8.58. The molecule has 0 amide bonds. The number of fused-ring (bicyclic) bond motifs is 12. The van der Waals surface area contributed by atoms with Crippen LogP contribution in [-0.2, 0) is 0 Å². The van der Waals surface area contributed by atoms with Gasteiger partial charge in [-0.2, -0.15) is 0 Å². The summed E-state index contributed by atoms with van der Waals surface area (Å²) in [7, 11) is 0. The van der Waals surface area contributed by atoms with Crippen LogP contribution in [0.3, 0.4) is 0 Å². The molecule has 0 saturated carbocycles. The summed E-state index contributed by atoms with van der Waals surface area (Å²) in [5.41, 5.74) is 11.5. The maximum absolute atomic E-state index is 4.65. The van der Waals surface area contributed by atoms with E-state index in [9.17, 15) is 0 Å². The molecule has 12 rings (SSSR count). The van der Waals surface area contributed by atoms with Crippen LogP contribution >= 0.6 is 11.3 Å². The zero-order valence-corrected chi connectivity index (χ0v) is 28.5. The third-order valence-electron chi connectivity index (χ3n) is 10.8. The van der Waals surface area contributed by atoms with E-state index in [2.05, 4.69) is 175 Å². The van der Waals surface area contributed by atoms with Gasteiger partial charge in [-0.25, -0.2) is 4.98 Å². The monoisotopic (exact) mass is 681 g/mol. The van der Waals surface area contributed by atoms with Crippen LogP contribution in [0.5, 0.6) is 0 Å². The summed E-state index contributed by atoms with van der Waals surface area (Å²) in [6, 6.07) is 55.5. The van der Waals surface area contributed by atoms with Gasteiger partial charge in [0.2, 0.25) is 0 Å². The van der Waals surface area contributed by atoms with Gasteiger partial charge in [0.15, 0.2) is 0 Å². The topological polar surface area (TPSA) is 40.6 Å². The first-order valence-electron chi connectivity index (χ1n) is 17.5. The molecule has 52 heavy (non-hydrogen) atoms. The minimum atomic E-state index is 0.961. The molecule has 5 aromatic heterocycles. The highest BCUT2D eigenvalue weighted by molar-refractivity contribution is 7.25. The number of rotatable bonds is 3. The Morgan fingerprint density at radius 1 is 0.346 bits per heavy atom. The highest BCUT2D eigenvalue weighted by Gasteiger charge is 2.19. The quantitative estimate of drug-likeness (QED) is 0.186. The summed E-state index contributed by atoms with van der Waals surface area (Å²) in [4.78, 5) is 10.2. The van der Waals surface area contributed by atoms with Crippen LogP contribution in [0.2, 0.25) is 0 Å². The van der Waals surface area contributed by atoms with Gasteiger partial charge in [0, 0.05) is 71.9 Å². The second-order valence-corrected chi connectivity index (χ2v) is 14.5. The smallest absolute Gasteiger partial charge is 0.143 e. The highest BCUT2D eigenvalue weighted by atomic mass is 32.1. The fraction of sp³-hybridized carbons (Fsp3) is 0. The Morgan fingerprint density at radius 2 is 0.750 bits per heavy atom. The summed E-state index contributed by atoms with van der Waals surface area (Å²) in [5, 5.41) is 8.59. The van der Waals surface area contributed by atoms with E-state index in [1.54, 1.807) is 23.7 Å². The lowest BCUT2D eigenvalue weighted by Crippen LogP contribution is -1.96. The van der Waals surface area contributed by atoms with Gasteiger partial charge in [0.25, 0.3) is 0 Å². The molecule has 0 aliphatic heterocycles. The average Bonchev–Trinajstić information content (AvgIpc) is 3.93. The Labute approximate surface area is 300 Å². The third kappa shape index (κ3) is 3.76. The Balaban J connectivity index is 1.17. The van der Waals surface area contributed by atoms with E-state index in [1.165, 1.54) is 59.1 Å². The third-order valence-corrected chi connectivity index (χ3v) is 11.8. The molecule has 0 radical (unpaired) electrons. The lowest BCUT2D eigenvalue weighted by atomic mass is 10.1. The standard InChI is InChI=1S/C46H27N5S/c1-5-13-38-31(9-1)32-10-2-6-14-39(32)49(38)28-18-21-42-36(25-28)37-26-29(50-40-15-7-3-11-33(40)34-12-4-8-16-41(34)50)19-22-43(37)51(42)30-17-20-35-44(27-30)52-46-45(35)47-23-24-48-46/h1-27H. The maximum Gasteiger partial charge on any atom is 0.143 e. The first kappa shape index (κ1) is 28.0. The van der Waals surface area contributed by atoms with Crippen LogP contribution in [0.25, 0.3) is 103 Å². The van der Waals surface area contributed by atoms with Gasteiger partial charge in [-0.05, 0) is 78.9 Å². The number of hydrogen-bond donors (Lipinski definition) is 0. The molecular formula is C46H27N5S. The van der Waals surface area contributed by atoms with E-state index in [4.69, 9.17) is 0 Å². The van der Waals surface area contributed by atoms with Crippen molar-refractivity contribution in [1.29, 1.82) is 0 Å². The average molecular weight is 682 g/mol. The largest absolute Gasteiger partial charge is 0.309 e. The predicted molar refractivity (Wildman–Crippen MR) is 218 cm³/mol. The molecule has 0 aliphatic rings. The fourth-order valence-corrected chi connectivity index (χ4v) is 9.61. The first-order valence-corrected chi connectivity index (χ1v) is 18.3. The molecule has 0 fully saturated rings. The molecule has 0 N–H and O–H groups in total. The van der Waals surface area contributed by atoms with Crippen molar-refractivity contribution < 1.29 is 0 Å². The number of benzene rings is 7. The van der Waals surface area contributed by atoms with E-state index in [-0.39, 0.29) is 0 Å². The molecule has 6 heteroatoms. The van der Waals surface area contributed by atoms with Crippen LogP contribution in [0.4, 0.5) is 0 Å². The van der Waals surface area contributed by atoms with Crippen molar-refractivity contribution in [3.05, 3.63) is 164 Å². The van der Waals surface area contributed by atoms with Gasteiger partial charge in [-0.3, -0.25) is 4.98 Å². The highest BCUT2D eigenvalue weighted by Crippen LogP contribution is 2.40. The molecular weight excluding hydrogens is 655 g/mol. The molecule has 5 heterocycles. The molecule has 12 aromatic rings. The van der Waals surface area contributed by atoms with Gasteiger partial charge in [0.05, 0.1) is 33.1 Å². The van der Waals surface area contributed by atoms with Crippen LogP contribution in [0.15, 0.2) is 164 Å². The lowest BCUT2D eigenvalue weighted by molar-refractivity contribution is 1.16. The van der Waals surface area contributed by atoms with Gasteiger partial charge in [-0.1, -0.05) is 72.8 Å². The summed E-state index contributed by atoms with van der Waals surface area (Å²) in [5.74, 6) is 0. The summed E-state index contributed by atoms with van der Waals surface area (Å²) >= 11 is 1.70. The maximum atomic E-state index is 4.65. The number of thiophene rings is 1. The number of hydrogen-bond acceptors (Lipinski definition) is 3. The Hall–Kier alpha value is -6.76. The molecule has 0 atom stereocenters. The summed E-state index contributed by atoms with van der Waals surface area (Å²) in [6.45, 7) is 0. The number of nitrogens with zero attached hydrogens (tertiary/aromatic N) is 5. The second-order valence-electron chi connectivity index (χ2n) is 13.5. The molecule has 0 spiro atoms. The van der Waals surface area contributed by atoms with Crippen molar-refractivity contribution in [2.75, 3.05) is 0 Å². The molecule has 0 aliphatic carbocycles. The van der Waals surface area contributed by atoms with Gasteiger partial charge < -0.3 is 13.7 Å². The molecule has 0 bridgehead atoms. The Morgan fingerprint density at radius 3 is 1.25 bits per heavy atom. The normalized spacial score (nSPS) is 12.2. The van der Waals surface area contributed by atoms with Crippen LogP contribution < -0.4 is 0 Å². The van der Waals surface area contributed by atoms with Crippen LogP contribution in [0.1, 0.15) is 0 Å². The van der Waals surface area contributed by atoms with E-state index >= 15 is 0 Å². The summed E-state index contributed by atoms with van der Waals surface area (Å²) < 4.78 is 8.42. The van der Waals surface area contributed by atoms with E-state index in [1.807, 2.05) is 0 Å². The van der Waals surface area contributed by atoms with Gasteiger partial charge >= 0.3 is 0 Å². The van der Waals surface area contributed by atoms with E-state index < -0.39 is 0 Å². The van der Waals surface area contributed by atoms with Crippen molar-refractivity contribution in [2.45, 2.75) is 0 Å². The van der Waals surface area contributed by atoms with E-state index in [0.29, 0.717) is 0 Å². The Bertz CT molecular complexity index is 3150. The SMILES string of the molecule is c1ccc2c(c1)c1ccccc1n2-c1ccc2c(c1)c1cc(-n3c4ccccc4c4ccccc43)ccc1n2-c1ccc2c(c1)sc1nccnc12. The second kappa shape index (κ2) is 10.4. The van der Waals surface area contributed by atoms with Crippen molar-refractivity contribution in [3.8, 4) is 17.1 Å². The molecule has 242 valence electrons. The lowest BCUT2D eigenvalue weighted by Gasteiger charge is -2.11. The minimum absolute atomic E-state index is 0.961. The number of para-hydroxylation sites is 4. The van der Waals surface area contributed by atoms with Gasteiger partial charge in [0.1, 0.15) is 10.3 Å².